The first kappa shape index (κ1) is 13.3. The van der Waals surface area contributed by atoms with Gasteiger partial charge in [0, 0.05) is 11.3 Å². The third-order valence-electron chi connectivity index (χ3n) is 2.49. The molecule has 16 heavy (non-hydrogen) atoms. The molecule has 0 radical (unpaired) electrons. The average Bonchev–Trinajstić information content (AvgIpc) is 2.22. The molecule has 0 spiro atoms. The molecule has 3 nitrogen and oxygen atoms in total. The molecule has 0 aromatic heterocycles. The summed E-state index contributed by atoms with van der Waals surface area (Å²) in [6.45, 7) is 1.65. The molecule has 2 unspecified atom stereocenters. The Hall–Kier alpha value is -0.780. The summed E-state index contributed by atoms with van der Waals surface area (Å²) in [5, 5.41) is 19.4. The molecule has 1 aromatic carbocycles. The van der Waals surface area contributed by atoms with Crippen molar-refractivity contribution in [3.63, 3.8) is 0 Å². The van der Waals surface area contributed by atoms with E-state index in [0.29, 0.717) is 23.4 Å². The molecule has 90 valence electrons. The standard InChI is InChI=1S/C11H16FNO2S/c1-6-4-7(12)5-8(10(6)13)11(15)9(14)2-3-16/h4-5,9,11,14-16H,2-3,13H2,1H3. The molecule has 0 aliphatic carbocycles. The fourth-order valence-corrected chi connectivity index (χ4v) is 1.79. The van der Waals surface area contributed by atoms with Gasteiger partial charge in [-0.3, -0.25) is 0 Å². The molecule has 0 saturated heterocycles. The minimum Gasteiger partial charge on any atom is -0.398 e. The molecule has 0 heterocycles. The lowest BCUT2D eigenvalue weighted by atomic mass is 9.98. The Labute approximate surface area is 99.5 Å². The third kappa shape index (κ3) is 2.87. The Morgan fingerprint density at radius 3 is 2.62 bits per heavy atom. The molecule has 0 fully saturated rings. The number of anilines is 1. The highest BCUT2D eigenvalue weighted by Crippen LogP contribution is 2.28. The molecule has 0 amide bonds. The molecule has 5 heteroatoms. The van der Waals surface area contributed by atoms with E-state index in [9.17, 15) is 14.6 Å². The van der Waals surface area contributed by atoms with E-state index < -0.39 is 18.0 Å². The molecular formula is C11H16FNO2S. The van der Waals surface area contributed by atoms with Crippen LogP contribution in [-0.4, -0.2) is 22.1 Å². The number of thiol groups is 1. The second-order valence-electron chi connectivity index (χ2n) is 3.75. The zero-order chi connectivity index (χ0) is 12.3. The zero-order valence-corrected chi connectivity index (χ0v) is 9.91. The Kier molecular flexibility index (Phi) is 4.58. The van der Waals surface area contributed by atoms with Gasteiger partial charge in [0.2, 0.25) is 0 Å². The van der Waals surface area contributed by atoms with Gasteiger partial charge < -0.3 is 15.9 Å². The number of aryl methyl sites for hydroxylation is 1. The van der Waals surface area contributed by atoms with Crippen LogP contribution in [0.15, 0.2) is 12.1 Å². The van der Waals surface area contributed by atoms with Crippen molar-refractivity contribution in [1.29, 1.82) is 0 Å². The van der Waals surface area contributed by atoms with Crippen molar-refractivity contribution < 1.29 is 14.6 Å². The summed E-state index contributed by atoms with van der Waals surface area (Å²) < 4.78 is 13.2. The minimum absolute atomic E-state index is 0.229. The predicted molar refractivity (Wildman–Crippen MR) is 65.0 cm³/mol. The first-order valence-corrected chi connectivity index (χ1v) is 5.63. The van der Waals surface area contributed by atoms with Crippen molar-refractivity contribution >= 4 is 18.3 Å². The minimum atomic E-state index is -1.18. The van der Waals surface area contributed by atoms with E-state index in [1.165, 1.54) is 6.07 Å². The topological polar surface area (TPSA) is 66.5 Å². The van der Waals surface area contributed by atoms with Crippen LogP contribution in [0.1, 0.15) is 23.7 Å². The van der Waals surface area contributed by atoms with E-state index in [0.717, 1.165) is 6.07 Å². The van der Waals surface area contributed by atoms with E-state index in [1.807, 2.05) is 0 Å². The van der Waals surface area contributed by atoms with Crippen LogP contribution in [0, 0.1) is 12.7 Å². The number of nitrogen functional groups attached to an aromatic ring is 1. The van der Waals surface area contributed by atoms with Gasteiger partial charge in [0.05, 0.1) is 6.10 Å². The van der Waals surface area contributed by atoms with Gasteiger partial charge in [-0.15, -0.1) is 0 Å². The van der Waals surface area contributed by atoms with Crippen molar-refractivity contribution in [3.05, 3.63) is 29.1 Å². The lowest BCUT2D eigenvalue weighted by Gasteiger charge is -2.20. The molecule has 2 atom stereocenters. The SMILES string of the molecule is Cc1cc(F)cc(C(O)C(O)CCS)c1N. The summed E-state index contributed by atoms with van der Waals surface area (Å²) in [6.07, 6.45) is -1.85. The van der Waals surface area contributed by atoms with Gasteiger partial charge in [-0.1, -0.05) is 0 Å². The van der Waals surface area contributed by atoms with Crippen LogP contribution in [0.25, 0.3) is 0 Å². The van der Waals surface area contributed by atoms with Gasteiger partial charge >= 0.3 is 0 Å². The summed E-state index contributed by atoms with van der Waals surface area (Å²) in [5.41, 5.74) is 6.82. The Morgan fingerprint density at radius 1 is 1.44 bits per heavy atom. The normalized spacial score (nSPS) is 14.8. The first-order chi connectivity index (χ1) is 7.47. The van der Waals surface area contributed by atoms with Crippen molar-refractivity contribution in [1.82, 2.24) is 0 Å². The van der Waals surface area contributed by atoms with Crippen molar-refractivity contribution in [3.8, 4) is 0 Å². The lowest BCUT2D eigenvalue weighted by Crippen LogP contribution is -2.20. The Balaban J connectivity index is 3.03. The van der Waals surface area contributed by atoms with Crippen molar-refractivity contribution in [2.45, 2.75) is 25.6 Å². The summed E-state index contributed by atoms with van der Waals surface area (Å²) >= 11 is 3.96. The Morgan fingerprint density at radius 2 is 2.06 bits per heavy atom. The van der Waals surface area contributed by atoms with E-state index >= 15 is 0 Å². The predicted octanol–water partition coefficient (Wildman–Crippen LogP) is 1.43. The number of benzene rings is 1. The molecule has 4 N–H and O–H groups in total. The average molecular weight is 245 g/mol. The maximum Gasteiger partial charge on any atom is 0.123 e. The molecule has 0 bridgehead atoms. The highest BCUT2D eigenvalue weighted by molar-refractivity contribution is 7.80. The summed E-state index contributed by atoms with van der Waals surface area (Å²) in [5.74, 6) is -0.0364. The van der Waals surface area contributed by atoms with Crippen molar-refractivity contribution in [2.75, 3.05) is 11.5 Å². The molecule has 1 aromatic rings. The molecule has 0 aliphatic rings. The monoisotopic (exact) mass is 245 g/mol. The molecule has 0 aliphatic heterocycles. The fourth-order valence-electron chi connectivity index (χ4n) is 1.52. The van der Waals surface area contributed by atoms with Gasteiger partial charge in [0.25, 0.3) is 0 Å². The van der Waals surface area contributed by atoms with Gasteiger partial charge in [-0.2, -0.15) is 12.6 Å². The Bertz CT molecular complexity index is 373. The quantitative estimate of drug-likeness (QED) is 0.479. The molecular weight excluding hydrogens is 229 g/mol. The van der Waals surface area contributed by atoms with Crippen LogP contribution in [0.3, 0.4) is 0 Å². The largest absolute Gasteiger partial charge is 0.398 e. The van der Waals surface area contributed by atoms with E-state index in [2.05, 4.69) is 12.6 Å². The zero-order valence-electron chi connectivity index (χ0n) is 9.02. The summed E-state index contributed by atoms with van der Waals surface area (Å²) in [6, 6.07) is 2.44. The summed E-state index contributed by atoms with van der Waals surface area (Å²) in [7, 11) is 0. The number of nitrogens with two attached hydrogens (primary N) is 1. The fraction of sp³-hybridized carbons (Fsp3) is 0.455. The first-order valence-electron chi connectivity index (χ1n) is 5.00. The van der Waals surface area contributed by atoms with Crippen LogP contribution < -0.4 is 5.73 Å². The van der Waals surface area contributed by atoms with Crippen LogP contribution in [0.2, 0.25) is 0 Å². The number of rotatable bonds is 4. The van der Waals surface area contributed by atoms with Crippen molar-refractivity contribution in [2.24, 2.45) is 0 Å². The highest BCUT2D eigenvalue weighted by atomic mass is 32.1. The number of hydrogen-bond acceptors (Lipinski definition) is 4. The van der Waals surface area contributed by atoms with Gasteiger partial charge in [-0.05, 0) is 36.8 Å². The third-order valence-corrected chi connectivity index (χ3v) is 2.75. The molecule has 0 saturated carbocycles. The second kappa shape index (κ2) is 5.52. The summed E-state index contributed by atoms with van der Waals surface area (Å²) in [4.78, 5) is 0. The maximum atomic E-state index is 13.2. The van der Waals surface area contributed by atoms with E-state index in [-0.39, 0.29) is 5.56 Å². The highest BCUT2D eigenvalue weighted by Gasteiger charge is 2.21. The molecule has 1 rings (SSSR count). The number of halogens is 1. The van der Waals surface area contributed by atoms with Gasteiger partial charge in [0.15, 0.2) is 0 Å². The van der Waals surface area contributed by atoms with E-state index in [1.54, 1.807) is 6.92 Å². The number of aliphatic hydroxyl groups excluding tert-OH is 2. The van der Waals surface area contributed by atoms with Gasteiger partial charge in [-0.25, -0.2) is 4.39 Å². The smallest absolute Gasteiger partial charge is 0.123 e. The van der Waals surface area contributed by atoms with Crippen LogP contribution >= 0.6 is 12.6 Å². The van der Waals surface area contributed by atoms with E-state index in [4.69, 9.17) is 5.73 Å². The maximum absolute atomic E-state index is 13.2. The second-order valence-corrected chi connectivity index (χ2v) is 4.20. The number of hydrogen-bond donors (Lipinski definition) is 4. The lowest BCUT2D eigenvalue weighted by molar-refractivity contribution is 0.0175. The van der Waals surface area contributed by atoms with Crippen LogP contribution in [0.4, 0.5) is 10.1 Å². The van der Waals surface area contributed by atoms with Crippen LogP contribution in [-0.2, 0) is 0 Å². The van der Waals surface area contributed by atoms with Gasteiger partial charge in [0.1, 0.15) is 11.9 Å². The van der Waals surface area contributed by atoms with Crippen LogP contribution in [0.5, 0.6) is 0 Å². The number of aliphatic hydroxyl groups is 2.